The first-order valence-corrected chi connectivity index (χ1v) is 8.58. The molecule has 2 amide bonds. The van der Waals surface area contributed by atoms with Crippen molar-refractivity contribution in [2.24, 2.45) is 0 Å². The first kappa shape index (κ1) is 20.0. The lowest BCUT2D eigenvalue weighted by atomic mass is 10.1. The van der Waals surface area contributed by atoms with E-state index < -0.39 is 29.0 Å². The Morgan fingerprint density at radius 2 is 1.88 bits per heavy atom. The fourth-order valence-corrected chi connectivity index (χ4v) is 2.53. The van der Waals surface area contributed by atoms with Gasteiger partial charge in [-0.25, -0.2) is 9.18 Å². The number of anilines is 1. The molecule has 6 nitrogen and oxygen atoms in total. The molecule has 2 unspecified atom stereocenters. The summed E-state index contributed by atoms with van der Waals surface area (Å²) in [7, 11) is 0. The van der Waals surface area contributed by atoms with Crippen LogP contribution in [0, 0.1) is 5.82 Å². The minimum Gasteiger partial charge on any atom is -0.480 e. The number of hydrogen-bond donors (Lipinski definition) is 3. The molecule has 1 aromatic carbocycles. The number of halogens is 1. The molecule has 0 bridgehead atoms. The zero-order chi connectivity index (χ0) is 18.1. The second kappa shape index (κ2) is 9.92. The van der Waals surface area contributed by atoms with Crippen LogP contribution < -0.4 is 10.6 Å². The van der Waals surface area contributed by atoms with Crippen molar-refractivity contribution >= 4 is 35.2 Å². The third kappa shape index (κ3) is 6.99. The number of hydrogen-bond acceptors (Lipinski definition) is 4. The van der Waals surface area contributed by atoms with Gasteiger partial charge in [-0.2, -0.15) is 0 Å². The number of carbonyl (C=O) groups is 3. The first-order chi connectivity index (χ1) is 11.3. The number of benzene rings is 1. The summed E-state index contributed by atoms with van der Waals surface area (Å²) in [5, 5.41) is 13.5. The van der Waals surface area contributed by atoms with Crippen molar-refractivity contribution in [1.82, 2.24) is 5.32 Å². The van der Waals surface area contributed by atoms with Crippen molar-refractivity contribution in [3.05, 3.63) is 30.1 Å². The van der Waals surface area contributed by atoms with Crippen LogP contribution in [-0.4, -0.2) is 39.9 Å². The molecular weight excluding hydrogens is 335 g/mol. The average Bonchev–Trinajstić information content (AvgIpc) is 2.54. The molecule has 24 heavy (non-hydrogen) atoms. The Kier molecular flexibility index (Phi) is 8.25. The maximum absolute atomic E-state index is 12.8. The van der Waals surface area contributed by atoms with Crippen LogP contribution in [0.25, 0.3) is 0 Å². The zero-order valence-electron chi connectivity index (χ0n) is 13.5. The molecule has 8 heteroatoms. The molecule has 0 radical (unpaired) electrons. The third-order valence-electron chi connectivity index (χ3n) is 3.15. The van der Waals surface area contributed by atoms with Crippen LogP contribution in [0.2, 0.25) is 0 Å². The van der Waals surface area contributed by atoms with E-state index in [0.717, 1.165) is 11.8 Å². The van der Waals surface area contributed by atoms with Crippen molar-refractivity contribution in [3.8, 4) is 0 Å². The van der Waals surface area contributed by atoms with E-state index >= 15 is 0 Å². The lowest BCUT2D eigenvalue weighted by Gasteiger charge is -2.17. The molecule has 0 spiro atoms. The molecule has 0 aliphatic carbocycles. The monoisotopic (exact) mass is 356 g/mol. The summed E-state index contributed by atoms with van der Waals surface area (Å²) in [6.45, 7) is 3.44. The van der Waals surface area contributed by atoms with E-state index in [9.17, 15) is 18.8 Å². The second-order valence-corrected chi connectivity index (χ2v) is 6.53. The van der Waals surface area contributed by atoms with E-state index in [0.29, 0.717) is 18.5 Å². The first-order valence-electron chi connectivity index (χ1n) is 7.53. The minimum absolute atomic E-state index is 0.0253. The lowest BCUT2D eigenvalue weighted by molar-refractivity contribution is -0.141. The number of carboxylic acids is 1. The molecule has 1 aromatic rings. The van der Waals surface area contributed by atoms with Crippen LogP contribution in [0.15, 0.2) is 24.3 Å². The fourth-order valence-electron chi connectivity index (χ4n) is 1.84. The van der Waals surface area contributed by atoms with Gasteiger partial charge in [-0.3, -0.25) is 9.59 Å². The van der Waals surface area contributed by atoms with Crippen LogP contribution >= 0.6 is 11.8 Å². The maximum atomic E-state index is 12.8. The molecule has 0 aliphatic rings. The molecular formula is C16H21FN2O4S. The summed E-state index contributed by atoms with van der Waals surface area (Å²) in [6, 6.07) is 4.43. The molecule has 0 aliphatic heterocycles. The quantitative estimate of drug-likeness (QED) is 0.631. The Labute approximate surface area is 144 Å². The van der Waals surface area contributed by atoms with Gasteiger partial charge < -0.3 is 15.7 Å². The van der Waals surface area contributed by atoms with Crippen molar-refractivity contribution in [2.75, 3.05) is 11.1 Å². The van der Waals surface area contributed by atoms with E-state index in [1.165, 1.54) is 24.3 Å². The molecule has 0 fully saturated rings. The second-order valence-electron chi connectivity index (χ2n) is 5.20. The SMILES string of the molecule is CCCC(NC(=O)C(C)SCC(=O)Nc1ccc(F)cc1)C(=O)O. The number of thioether (sulfide) groups is 1. The molecule has 132 valence electrons. The Morgan fingerprint density at radius 1 is 1.25 bits per heavy atom. The van der Waals surface area contributed by atoms with Gasteiger partial charge >= 0.3 is 5.97 Å². The smallest absolute Gasteiger partial charge is 0.326 e. The van der Waals surface area contributed by atoms with Crippen LogP contribution in [0.3, 0.4) is 0 Å². The summed E-state index contributed by atoms with van der Waals surface area (Å²) in [4.78, 5) is 34.8. The molecule has 1 rings (SSSR count). The minimum atomic E-state index is -1.07. The van der Waals surface area contributed by atoms with Crippen molar-refractivity contribution in [2.45, 2.75) is 38.0 Å². The number of aliphatic carboxylic acids is 1. The highest BCUT2D eigenvalue weighted by Crippen LogP contribution is 2.13. The van der Waals surface area contributed by atoms with Crippen LogP contribution in [-0.2, 0) is 14.4 Å². The van der Waals surface area contributed by atoms with Gasteiger partial charge in [0.05, 0.1) is 11.0 Å². The van der Waals surface area contributed by atoms with Gasteiger partial charge in [0.15, 0.2) is 0 Å². The highest BCUT2D eigenvalue weighted by atomic mass is 32.2. The van der Waals surface area contributed by atoms with Crippen LogP contribution in [0.1, 0.15) is 26.7 Å². The summed E-state index contributed by atoms with van der Waals surface area (Å²) >= 11 is 1.10. The fraction of sp³-hybridized carbons (Fsp3) is 0.438. The summed E-state index contributed by atoms with van der Waals surface area (Å²) in [6.07, 6.45) is 0.988. The van der Waals surface area contributed by atoms with E-state index in [-0.39, 0.29) is 11.7 Å². The predicted octanol–water partition coefficient (Wildman–Crippen LogP) is 2.26. The number of amides is 2. The molecule has 0 heterocycles. The highest BCUT2D eigenvalue weighted by Gasteiger charge is 2.22. The maximum Gasteiger partial charge on any atom is 0.326 e. The summed E-state index contributed by atoms with van der Waals surface area (Å²) in [5.41, 5.74) is 0.466. The lowest BCUT2D eigenvalue weighted by Crippen LogP contribution is -2.44. The average molecular weight is 356 g/mol. The topological polar surface area (TPSA) is 95.5 Å². The standard InChI is InChI=1S/C16H21FN2O4S/c1-3-4-13(16(22)23)19-15(21)10(2)24-9-14(20)18-12-7-5-11(17)6-8-12/h5-8,10,13H,3-4,9H2,1-2H3,(H,18,20)(H,19,21)(H,22,23). The zero-order valence-corrected chi connectivity index (χ0v) is 14.4. The molecule has 0 aromatic heterocycles. The van der Waals surface area contributed by atoms with Crippen LogP contribution in [0.5, 0.6) is 0 Å². The number of carbonyl (C=O) groups excluding carboxylic acids is 2. The molecule has 0 saturated carbocycles. The Morgan fingerprint density at radius 3 is 2.42 bits per heavy atom. The van der Waals surface area contributed by atoms with Gasteiger partial charge in [-0.05, 0) is 37.6 Å². The number of rotatable bonds is 9. The van der Waals surface area contributed by atoms with E-state index in [2.05, 4.69) is 10.6 Å². The normalized spacial score (nSPS) is 13.0. The largest absolute Gasteiger partial charge is 0.480 e. The van der Waals surface area contributed by atoms with Gasteiger partial charge in [0.25, 0.3) is 0 Å². The van der Waals surface area contributed by atoms with Gasteiger partial charge in [0.1, 0.15) is 11.9 Å². The third-order valence-corrected chi connectivity index (χ3v) is 4.30. The van der Waals surface area contributed by atoms with Gasteiger partial charge in [0, 0.05) is 5.69 Å². The van der Waals surface area contributed by atoms with Gasteiger partial charge in [-0.15, -0.1) is 11.8 Å². The Hall–Kier alpha value is -2.09. The number of nitrogens with one attached hydrogen (secondary N) is 2. The summed E-state index contributed by atoms with van der Waals surface area (Å²) < 4.78 is 12.8. The summed E-state index contributed by atoms with van der Waals surface area (Å²) in [5.74, 6) is -2.19. The number of carboxylic acid groups (broad SMARTS) is 1. The Bertz CT molecular complexity index is 580. The molecule has 3 N–H and O–H groups in total. The molecule has 0 saturated heterocycles. The molecule has 2 atom stereocenters. The van der Waals surface area contributed by atoms with Crippen molar-refractivity contribution in [3.63, 3.8) is 0 Å². The van der Waals surface area contributed by atoms with E-state index in [1.54, 1.807) is 6.92 Å². The highest BCUT2D eigenvalue weighted by molar-refractivity contribution is 8.01. The van der Waals surface area contributed by atoms with E-state index in [1.807, 2.05) is 6.92 Å². The van der Waals surface area contributed by atoms with Crippen LogP contribution in [0.4, 0.5) is 10.1 Å². The Balaban J connectivity index is 2.42. The van der Waals surface area contributed by atoms with E-state index in [4.69, 9.17) is 5.11 Å². The van der Waals surface area contributed by atoms with Gasteiger partial charge in [0.2, 0.25) is 11.8 Å². The van der Waals surface area contributed by atoms with Crippen molar-refractivity contribution < 1.29 is 23.9 Å². The van der Waals surface area contributed by atoms with Crippen molar-refractivity contribution in [1.29, 1.82) is 0 Å². The van der Waals surface area contributed by atoms with Gasteiger partial charge in [-0.1, -0.05) is 13.3 Å². The predicted molar refractivity (Wildman–Crippen MR) is 91.4 cm³/mol.